The van der Waals surface area contributed by atoms with Gasteiger partial charge in [-0.15, -0.1) is 0 Å². The minimum absolute atomic E-state index is 0.0398. The predicted molar refractivity (Wildman–Crippen MR) is 92.2 cm³/mol. The van der Waals surface area contributed by atoms with E-state index < -0.39 is 17.6 Å². The van der Waals surface area contributed by atoms with Gasteiger partial charge in [-0.25, -0.2) is 4.39 Å². The van der Waals surface area contributed by atoms with Crippen molar-refractivity contribution in [1.29, 1.82) is 0 Å². The van der Waals surface area contributed by atoms with Crippen molar-refractivity contribution in [2.24, 2.45) is 0 Å². The molecule has 2 N–H and O–H groups in total. The first-order valence-electron chi connectivity index (χ1n) is 7.25. The molecule has 0 bridgehead atoms. The lowest BCUT2D eigenvalue weighted by Crippen LogP contribution is -2.28. The van der Waals surface area contributed by atoms with Crippen molar-refractivity contribution in [2.45, 2.75) is 19.6 Å². The maximum Gasteiger partial charge on any atom is 0.416 e. The minimum Gasteiger partial charge on any atom is -0.497 e. The monoisotopic (exact) mass is 372 g/mol. The lowest BCUT2D eigenvalue weighted by molar-refractivity contribution is -0.137. The van der Waals surface area contributed by atoms with Crippen molar-refractivity contribution in [3.05, 3.63) is 58.9 Å². The second-order valence-electron chi connectivity index (χ2n) is 5.33. The molecule has 0 aliphatic heterocycles. The number of alkyl halides is 3. The topological polar surface area (TPSA) is 33.3 Å². The summed E-state index contributed by atoms with van der Waals surface area (Å²) in [6.07, 6.45) is -4.60. The number of rotatable bonds is 4. The van der Waals surface area contributed by atoms with Gasteiger partial charge in [0.05, 0.1) is 12.7 Å². The van der Waals surface area contributed by atoms with E-state index in [2.05, 4.69) is 10.6 Å². The van der Waals surface area contributed by atoms with Crippen LogP contribution < -0.4 is 15.4 Å². The van der Waals surface area contributed by atoms with Gasteiger partial charge in [-0.05, 0) is 66.7 Å². The molecule has 0 atom stereocenters. The molecule has 0 unspecified atom stereocenters. The van der Waals surface area contributed by atoms with Crippen LogP contribution in [0.4, 0.5) is 23.2 Å². The molecule has 0 fully saturated rings. The average molecular weight is 372 g/mol. The van der Waals surface area contributed by atoms with Crippen molar-refractivity contribution in [1.82, 2.24) is 5.32 Å². The number of benzene rings is 2. The second kappa shape index (κ2) is 7.69. The SMILES string of the molecule is COc1ccc(NC(=S)NCc2cc(F)cc(C(F)(F)F)c2)c(C)c1. The molecular weight excluding hydrogens is 356 g/mol. The van der Waals surface area contributed by atoms with Gasteiger partial charge in [0.25, 0.3) is 0 Å². The minimum atomic E-state index is -4.60. The maximum absolute atomic E-state index is 13.4. The fourth-order valence-corrected chi connectivity index (χ4v) is 2.35. The summed E-state index contributed by atoms with van der Waals surface area (Å²) < 4.78 is 56.6. The van der Waals surface area contributed by atoms with Gasteiger partial charge in [0.1, 0.15) is 11.6 Å². The third-order valence-corrected chi connectivity index (χ3v) is 3.67. The smallest absolute Gasteiger partial charge is 0.416 e. The Hall–Kier alpha value is -2.35. The summed E-state index contributed by atoms with van der Waals surface area (Å²) in [5, 5.41) is 5.92. The Kier molecular flexibility index (Phi) is 5.84. The fourth-order valence-electron chi connectivity index (χ4n) is 2.17. The molecule has 8 heteroatoms. The van der Waals surface area contributed by atoms with Crippen molar-refractivity contribution in [3.8, 4) is 5.75 Å². The molecule has 0 radical (unpaired) electrons. The molecule has 2 aromatic rings. The van der Waals surface area contributed by atoms with E-state index in [1.54, 1.807) is 19.2 Å². The molecule has 3 nitrogen and oxygen atoms in total. The van der Waals surface area contributed by atoms with Crippen LogP contribution >= 0.6 is 12.2 Å². The summed E-state index contributed by atoms with van der Waals surface area (Å²) in [7, 11) is 1.56. The van der Waals surface area contributed by atoms with Crippen LogP contribution in [0.2, 0.25) is 0 Å². The Balaban J connectivity index is 2.02. The zero-order valence-electron chi connectivity index (χ0n) is 13.5. The van der Waals surface area contributed by atoms with Gasteiger partial charge in [0.15, 0.2) is 5.11 Å². The van der Waals surface area contributed by atoms with Crippen LogP contribution in [0.25, 0.3) is 0 Å². The highest BCUT2D eigenvalue weighted by Crippen LogP contribution is 2.30. The molecule has 134 valence electrons. The molecule has 0 aliphatic carbocycles. The average Bonchev–Trinajstić information content (AvgIpc) is 2.53. The van der Waals surface area contributed by atoms with Gasteiger partial charge in [0, 0.05) is 12.2 Å². The lowest BCUT2D eigenvalue weighted by atomic mass is 10.1. The summed E-state index contributed by atoms with van der Waals surface area (Å²) >= 11 is 5.13. The predicted octanol–water partition coefficient (Wildman–Crippen LogP) is 4.65. The number of halogens is 4. The Morgan fingerprint density at radius 3 is 2.48 bits per heavy atom. The Morgan fingerprint density at radius 2 is 1.88 bits per heavy atom. The fraction of sp³-hybridized carbons (Fsp3) is 0.235. The Labute approximate surface area is 148 Å². The molecule has 0 saturated carbocycles. The van der Waals surface area contributed by atoms with Crippen molar-refractivity contribution in [3.63, 3.8) is 0 Å². The molecule has 2 rings (SSSR count). The van der Waals surface area contributed by atoms with Crippen LogP contribution in [0.3, 0.4) is 0 Å². The maximum atomic E-state index is 13.4. The quantitative estimate of drug-likeness (QED) is 0.605. The lowest BCUT2D eigenvalue weighted by Gasteiger charge is -2.14. The Bertz CT molecular complexity index is 778. The van der Waals surface area contributed by atoms with Crippen LogP contribution in [-0.2, 0) is 12.7 Å². The number of ether oxygens (including phenoxy) is 1. The van der Waals surface area contributed by atoms with Gasteiger partial charge in [-0.3, -0.25) is 0 Å². The summed E-state index contributed by atoms with van der Waals surface area (Å²) in [4.78, 5) is 0. The summed E-state index contributed by atoms with van der Waals surface area (Å²) in [5.41, 5.74) is 0.722. The molecule has 0 aliphatic rings. The van der Waals surface area contributed by atoms with Crippen LogP contribution in [-0.4, -0.2) is 12.2 Å². The van der Waals surface area contributed by atoms with Gasteiger partial charge in [0.2, 0.25) is 0 Å². The molecule has 0 saturated heterocycles. The van der Waals surface area contributed by atoms with E-state index >= 15 is 0 Å². The van der Waals surface area contributed by atoms with E-state index in [-0.39, 0.29) is 17.2 Å². The third kappa shape index (κ3) is 5.32. The van der Waals surface area contributed by atoms with Gasteiger partial charge in [-0.1, -0.05) is 0 Å². The number of thiocarbonyl (C=S) groups is 1. The van der Waals surface area contributed by atoms with E-state index in [0.717, 1.165) is 23.4 Å². The number of aryl methyl sites for hydroxylation is 1. The van der Waals surface area contributed by atoms with Crippen LogP contribution in [0.1, 0.15) is 16.7 Å². The largest absolute Gasteiger partial charge is 0.497 e. The van der Waals surface area contributed by atoms with Gasteiger partial charge >= 0.3 is 6.18 Å². The molecule has 0 spiro atoms. The summed E-state index contributed by atoms with van der Waals surface area (Å²) in [6, 6.07) is 7.71. The number of nitrogens with one attached hydrogen (secondary N) is 2. The van der Waals surface area contributed by atoms with Gasteiger partial charge in [-0.2, -0.15) is 13.2 Å². The highest BCUT2D eigenvalue weighted by molar-refractivity contribution is 7.80. The molecule has 2 aromatic carbocycles. The van der Waals surface area contributed by atoms with E-state index in [1.807, 2.05) is 13.0 Å². The zero-order chi connectivity index (χ0) is 18.6. The van der Waals surface area contributed by atoms with Crippen LogP contribution in [0.15, 0.2) is 36.4 Å². The highest BCUT2D eigenvalue weighted by Gasteiger charge is 2.31. The molecule has 25 heavy (non-hydrogen) atoms. The first kappa shape index (κ1) is 19.0. The van der Waals surface area contributed by atoms with Crippen molar-refractivity contribution in [2.75, 3.05) is 12.4 Å². The third-order valence-electron chi connectivity index (χ3n) is 3.42. The first-order valence-corrected chi connectivity index (χ1v) is 7.66. The van der Waals surface area contributed by atoms with E-state index in [9.17, 15) is 17.6 Å². The number of hydrogen-bond donors (Lipinski definition) is 2. The van der Waals surface area contributed by atoms with Gasteiger partial charge < -0.3 is 15.4 Å². The number of hydrogen-bond acceptors (Lipinski definition) is 2. The first-order chi connectivity index (χ1) is 11.7. The van der Waals surface area contributed by atoms with E-state index in [0.29, 0.717) is 11.8 Å². The second-order valence-corrected chi connectivity index (χ2v) is 5.74. The van der Waals surface area contributed by atoms with E-state index in [4.69, 9.17) is 17.0 Å². The van der Waals surface area contributed by atoms with Crippen molar-refractivity contribution >= 4 is 23.0 Å². The Morgan fingerprint density at radius 1 is 1.16 bits per heavy atom. The normalized spacial score (nSPS) is 11.1. The summed E-state index contributed by atoms with van der Waals surface area (Å²) in [5.74, 6) is -0.252. The highest BCUT2D eigenvalue weighted by atomic mass is 32.1. The molecule has 0 aromatic heterocycles. The standard InChI is InChI=1S/C17H16F4N2OS/c1-10-5-14(24-2)3-4-15(10)23-16(25)22-9-11-6-12(17(19,20)21)8-13(18)7-11/h3-8H,9H2,1-2H3,(H2,22,23,25). The van der Waals surface area contributed by atoms with Crippen LogP contribution in [0.5, 0.6) is 5.75 Å². The van der Waals surface area contributed by atoms with Crippen molar-refractivity contribution < 1.29 is 22.3 Å². The van der Waals surface area contributed by atoms with Crippen LogP contribution in [0, 0.1) is 12.7 Å². The summed E-state index contributed by atoms with van der Waals surface area (Å²) in [6.45, 7) is 1.82. The molecule has 0 amide bonds. The molecule has 0 heterocycles. The number of methoxy groups -OCH3 is 1. The zero-order valence-corrected chi connectivity index (χ0v) is 14.3. The van der Waals surface area contributed by atoms with E-state index in [1.165, 1.54) is 0 Å². The molecular formula is C17H16F4N2OS. The number of anilines is 1.